The minimum atomic E-state index is -0.131. The molecule has 0 aliphatic heterocycles. The van der Waals surface area contributed by atoms with Gasteiger partial charge in [-0.25, -0.2) is 4.68 Å². The van der Waals surface area contributed by atoms with E-state index in [2.05, 4.69) is 10.4 Å². The fourth-order valence-corrected chi connectivity index (χ4v) is 4.18. The fraction of sp³-hybridized carbons (Fsp3) is 0.238. The first-order chi connectivity index (χ1) is 13.5. The molecule has 0 unspecified atom stereocenters. The molecular formula is C21H18Cl3N3O. The van der Waals surface area contributed by atoms with Crippen molar-refractivity contribution in [2.24, 2.45) is 0 Å². The smallest absolute Gasteiger partial charge is 0.255 e. The van der Waals surface area contributed by atoms with E-state index in [4.69, 9.17) is 34.8 Å². The van der Waals surface area contributed by atoms with Crippen LogP contribution >= 0.6 is 34.8 Å². The van der Waals surface area contributed by atoms with Crippen LogP contribution in [-0.2, 0) is 0 Å². The predicted octanol–water partition coefficient (Wildman–Crippen LogP) is 6.17. The number of hydrogen-bond donors (Lipinski definition) is 1. The number of nitrogens with zero attached hydrogens (tertiary/aromatic N) is 2. The highest BCUT2D eigenvalue weighted by Gasteiger charge is 2.24. The van der Waals surface area contributed by atoms with Crippen molar-refractivity contribution in [2.75, 3.05) is 0 Å². The average Bonchev–Trinajstić information content (AvgIpc) is 3.32. The molecule has 1 heterocycles. The second-order valence-electron chi connectivity index (χ2n) is 6.88. The molecule has 0 radical (unpaired) electrons. The molecule has 0 bridgehead atoms. The minimum absolute atomic E-state index is 0.131. The zero-order valence-corrected chi connectivity index (χ0v) is 17.2. The number of carbonyl (C=O) groups excluding carboxylic acids is 1. The van der Waals surface area contributed by atoms with Crippen molar-refractivity contribution in [3.63, 3.8) is 0 Å². The number of amides is 1. The van der Waals surface area contributed by atoms with Gasteiger partial charge in [-0.15, -0.1) is 0 Å². The summed E-state index contributed by atoms with van der Waals surface area (Å²) in [7, 11) is 0. The number of carbonyl (C=O) groups is 1. The molecule has 144 valence electrons. The van der Waals surface area contributed by atoms with Crippen molar-refractivity contribution in [1.82, 2.24) is 15.1 Å². The van der Waals surface area contributed by atoms with E-state index in [1.165, 1.54) is 0 Å². The summed E-state index contributed by atoms with van der Waals surface area (Å²) in [6, 6.07) is 12.7. The Morgan fingerprint density at radius 3 is 2.36 bits per heavy atom. The van der Waals surface area contributed by atoms with E-state index >= 15 is 0 Å². The van der Waals surface area contributed by atoms with E-state index < -0.39 is 0 Å². The zero-order valence-electron chi connectivity index (χ0n) is 15.0. The van der Waals surface area contributed by atoms with Gasteiger partial charge in [-0.3, -0.25) is 4.79 Å². The summed E-state index contributed by atoms with van der Waals surface area (Å²) >= 11 is 18.5. The van der Waals surface area contributed by atoms with Crippen LogP contribution in [0.1, 0.15) is 36.0 Å². The minimum Gasteiger partial charge on any atom is -0.349 e. The molecule has 3 aromatic rings. The molecule has 7 heteroatoms. The van der Waals surface area contributed by atoms with E-state index in [0.29, 0.717) is 32.0 Å². The standard InChI is InChI=1S/C21H18Cl3N3O/c22-14-7-5-13(6-8-14)20-17(21(28)26-16-3-1-2-4-16)12-25-27(20)19-10-9-15(23)11-18(19)24/h5-12,16H,1-4H2,(H,26,28). The Hall–Kier alpha value is -2.01. The highest BCUT2D eigenvalue weighted by atomic mass is 35.5. The summed E-state index contributed by atoms with van der Waals surface area (Å²) in [6.45, 7) is 0. The van der Waals surface area contributed by atoms with Gasteiger partial charge in [0, 0.05) is 21.7 Å². The van der Waals surface area contributed by atoms with Crippen molar-refractivity contribution in [2.45, 2.75) is 31.7 Å². The highest BCUT2D eigenvalue weighted by Crippen LogP contribution is 2.32. The Bertz CT molecular complexity index is 1010. The van der Waals surface area contributed by atoms with Gasteiger partial charge in [0.1, 0.15) is 0 Å². The van der Waals surface area contributed by atoms with Gasteiger partial charge in [-0.2, -0.15) is 5.10 Å². The number of aromatic nitrogens is 2. The van der Waals surface area contributed by atoms with E-state index in [9.17, 15) is 4.79 Å². The maximum absolute atomic E-state index is 13.0. The summed E-state index contributed by atoms with van der Waals surface area (Å²) in [5, 5.41) is 9.21. The van der Waals surface area contributed by atoms with Gasteiger partial charge in [-0.1, -0.05) is 59.8 Å². The molecule has 1 fully saturated rings. The van der Waals surface area contributed by atoms with Crippen molar-refractivity contribution < 1.29 is 4.79 Å². The lowest BCUT2D eigenvalue weighted by molar-refractivity contribution is 0.0938. The van der Waals surface area contributed by atoms with Crippen LogP contribution in [0.25, 0.3) is 16.9 Å². The van der Waals surface area contributed by atoms with Crippen molar-refractivity contribution in [3.05, 3.63) is 69.3 Å². The fourth-order valence-electron chi connectivity index (χ4n) is 3.57. The number of hydrogen-bond acceptors (Lipinski definition) is 2. The first-order valence-electron chi connectivity index (χ1n) is 9.13. The molecule has 0 atom stereocenters. The van der Waals surface area contributed by atoms with Crippen LogP contribution in [0.5, 0.6) is 0 Å². The second-order valence-corrected chi connectivity index (χ2v) is 8.16. The Morgan fingerprint density at radius 1 is 1.00 bits per heavy atom. The number of benzene rings is 2. The quantitative estimate of drug-likeness (QED) is 0.533. The van der Waals surface area contributed by atoms with Gasteiger partial charge < -0.3 is 5.32 Å². The van der Waals surface area contributed by atoms with Crippen molar-refractivity contribution >= 4 is 40.7 Å². The third-order valence-electron chi connectivity index (χ3n) is 4.96. The summed E-state index contributed by atoms with van der Waals surface area (Å²) in [6.07, 6.45) is 5.90. The maximum Gasteiger partial charge on any atom is 0.255 e. The SMILES string of the molecule is O=C(NC1CCCC1)c1cnn(-c2ccc(Cl)cc2Cl)c1-c1ccc(Cl)cc1. The van der Waals surface area contributed by atoms with Crippen molar-refractivity contribution in [1.29, 1.82) is 0 Å². The predicted molar refractivity (Wildman–Crippen MR) is 114 cm³/mol. The Balaban J connectivity index is 1.81. The van der Waals surface area contributed by atoms with Gasteiger partial charge >= 0.3 is 0 Å². The second kappa shape index (κ2) is 8.16. The molecule has 0 saturated heterocycles. The van der Waals surface area contributed by atoms with E-state index in [-0.39, 0.29) is 11.9 Å². The monoisotopic (exact) mass is 433 g/mol. The lowest BCUT2D eigenvalue weighted by Gasteiger charge is -2.14. The summed E-state index contributed by atoms with van der Waals surface area (Å²) in [4.78, 5) is 13.0. The number of halogens is 3. The van der Waals surface area contributed by atoms with Gasteiger partial charge in [0.15, 0.2) is 0 Å². The molecule has 1 aliphatic carbocycles. The zero-order chi connectivity index (χ0) is 19.7. The number of rotatable bonds is 4. The van der Waals surface area contributed by atoms with Gasteiger partial charge in [0.25, 0.3) is 5.91 Å². The van der Waals surface area contributed by atoms with Crippen LogP contribution in [0.2, 0.25) is 15.1 Å². The summed E-state index contributed by atoms with van der Waals surface area (Å²) in [5.41, 5.74) is 2.64. The first-order valence-corrected chi connectivity index (χ1v) is 10.3. The third-order valence-corrected chi connectivity index (χ3v) is 5.75. The van der Waals surface area contributed by atoms with Gasteiger partial charge in [0.2, 0.25) is 0 Å². The lowest BCUT2D eigenvalue weighted by Crippen LogP contribution is -2.32. The van der Waals surface area contributed by atoms with Crippen LogP contribution < -0.4 is 5.32 Å². The van der Waals surface area contributed by atoms with Crippen LogP contribution in [0, 0.1) is 0 Å². The molecule has 1 aromatic heterocycles. The molecule has 0 spiro atoms. The van der Waals surface area contributed by atoms with E-state index in [1.54, 1.807) is 41.2 Å². The average molecular weight is 435 g/mol. The topological polar surface area (TPSA) is 46.9 Å². The van der Waals surface area contributed by atoms with Crippen LogP contribution in [0.4, 0.5) is 0 Å². The molecular weight excluding hydrogens is 417 g/mol. The van der Waals surface area contributed by atoms with Crippen LogP contribution in [-0.4, -0.2) is 21.7 Å². The Kier molecular flexibility index (Phi) is 5.63. The van der Waals surface area contributed by atoms with Crippen LogP contribution in [0.3, 0.4) is 0 Å². The highest BCUT2D eigenvalue weighted by molar-refractivity contribution is 6.35. The van der Waals surface area contributed by atoms with Crippen molar-refractivity contribution in [3.8, 4) is 16.9 Å². The summed E-state index contributed by atoms with van der Waals surface area (Å²) < 4.78 is 1.67. The van der Waals surface area contributed by atoms with Crippen LogP contribution in [0.15, 0.2) is 48.7 Å². The maximum atomic E-state index is 13.0. The molecule has 1 amide bonds. The summed E-state index contributed by atoms with van der Waals surface area (Å²) in [5.74, 6) is -0.131. The molecule has 1 aliphatic rings. The van der Waals surface area contributed by atoms with Gasteiger partial charge in [0.05, 0.1) is 28.2 Å². The Labute approximate surface area is 178 Å². The number of nitrogens with one attached hydrogen (secondary N) is 1. The molecule has 28 heavy (non-hydrogen) atoms. The third kappa shape index (κ3) is 3.90. The molecule has 4 nitrogen and oxygen atoms in total. The molecule has 1 N–H and O–H groups in total. The molecule has 2 aromatic carbocycles. The molecule has 4 rings (SSSR count). The first kappa shape index (κ1) is 19.3. The Morgan fingerprint density at radius 2 is 1.68 bits per heavy atom. The van der Waals surface area contributed by atoms with E-state index in [0.717, 1.165) is 31.2 Å². The van der Waals surface area contributed by atoms with E-state index in [1.807, 2.05) is 12.1 Å². The lowest BCUT2D eigenvalue weighted by atomic mass is 10.1. The largest absolute Gasteiger partial charge is 0.349 e. The van der Waals surface area contributed by atoms with Gasteiger partial charge in [-0.05, 0) is 43.2 Å². The molecule has 1 saturated carbocycles. The normalized spacial score (nSPS) is 14.4.